The first-order valence-corrected chi connectivity index (χ1v) is 9.17. The van der Waals surface area contributed by atoms with Gasteiger partial charge in [-0.3, -0.25) is 4.79 Å². The molecule has 1 amide bonds. The number of anilines is 1. The van der Waals surface area contributed by atoms with Crippen LogP contribution in [-0.4, -0.2) is 28.5 Å². The number of amides is 1. The van der Waals surface area contributed by atoms with Gasteiger partial charge < -0.3 is 14.8 Å². The van der Waals surface area contributed by atoms with E-state index in [0.29, 0.717) is 6.54 Å². The SMILES string of the molecule is Cc1nc2cc(CNC(=O)c3ccccc3N3CCCC3)ccc2n1C. The molecule has 26 heavy (non-hydrogen) atoms. The number of nitrogens with one attached hydrogen (secondary N) is 1. The quantitative estimate of drug-likeness (QED) is 0.786. The lowest BCUT2D eigenvalue weighted by molar-refractivity contribution is 0.0951. The number of aryl methyl sites for hydroxylation is 2. The number of carbonyl (C=O) groups is 1. The van der Waals surface area contributed by atoms with Gasteiger partial charge >= 0.3 is 0 Å². The molecule has 0 bridgehead atoms. The van der Waals surface area contributed by atoms with Crippen molar-refractivity contribution in [2.45, 2.75) is 26.3 Å². The Bertz CT molecular complexity index is 954. The summed E-state index contributed by atoms with van der Waals surface area (Å²) in [6, 6.07) is 14.1. The minimum Gasteiger partial charge on any atom is -0.371 e. The number of para-hydroxylation sites is 1. The molecule has 1 fully saturated rings. The van der Waals surface area contributed by atoms with Crippen molar-refractivity contribution in [1.29, 1.82) is 0 Å². The molecule has 1 aromatic heterocycles. The Balaban J connectivity index is 1.51. The fourth-order valence-electron chi connectivity index (χ4n) is 3.65. The summed E-state index contributed by atoms with van der Waals surface area (Å²) in [6.07, 6.45) is 2.39. The number of carbonyl (C=O) groups excluding carboxylic acids is 1. The number of nitrogens with zero attached hydrogens (tertiary/aromatic N) is 3. The number of imidazole rings is 1. The smallest absolute Gasteiger partial charge is 0.253 e. The van der Waals surface area contributed by atoms with E-state index >= 15 is 0 Å². The van der Waals surface area contributed by atoms with Crippen molar-refractivity contribution in [3.63, 3.8) is 0 Å². The molecule has 1 aliphatic heterocycles. The molecule has 3 aromatic rings. The van der Waals surface area contributed by atoms with Gasteiger partial charge in [-0.25, -0.2) is 4.98 Å². The minimum atomic E-state index is -0.0233. The molecule has 4 rings (SSSR count). The Hall–Kier alpha value is -2.82. The lowest BCUT2D eigenvalue weighted by Gasteiger charge is -2.20. The average Bonchev–Trinajstić information content (AvgIpc) is 3.28. The van der Waals surface area contributed by atoms with Crippen molar-refractivity contribution < 1.29 is 4.79 Å². The predicted molar refractivity (Wildman–Crippen MR) is 105 cm³/mol. The molecule has 0 unspecified atom stereocenters. The van der Waals surface area contributed by atoms with Crippen LogP contribution in [0.5, 0.6) is 0 Å². The maximum absolute atomic E-state index is 12.8. The van der Waals surface area contributed by atoms with Crippen LogP contribution in [0.2, 0.25) is 0 Å². The van der Waals surface area contributed by atoms with Crippen LogP contribution in [0.1, 0.15) is 34.6 Å². The van der Waals surface area contributed by atoms with Gasteiger partial charge in [-0.2, -0.15) is 0 Å². The van der Waals surface area contributed by atoms with Crippen molar-refractivity contribution in [1.82, 2.24) is 14.9 Å². The van der Waals surface area contributed by atoms with Crippen LogP contribution in [0, 0.1) is 6.92 Å². The minimum absolute atomic E-state index is 0.0233. The fourth-order valence-corrected chi connectivity index (χ4v) is 3.65. The first kappa shape index (κ1) is 16.6. The third-order valence-corrected chi connectivity index (χ3v) is 5.22. The van der Waals surface area contributed by atoms with Crippen molar-refractivity contribution in [2.24, 2.45) is 7.05 Å². The maximum atomic E-state index is 12.8. The molecule has 1 aliphatic rings. The van der Waals surface area contributed by atoms with Crippen LogP contribution in [0.4, 0.5) is 5.69 Å². The van der Waals surface area contributed by atoms with E-state index in [9.17, 15) is 4.79 Å². The largest absolute Gasteiger partial charge is 0.371 e. The van der Waals surface area contributed by atoms with E-state index in [2.05, 4.69) is 38.0 Å². The second kappa shape index (κ2) is 6.83. The summed E-state index contributed by atoms with van der Waals surface area (Å²) in [7, 11) is 2.02. The normalized spacial score (nSPS) is 14.2. The van der Waals surface area contributed by atoms with Crippen molar-refractivity contribution in [3.8, 4) is 0 Å². The van der Waals surface area contributed by atoms with Gasteiger partial charge in [0.25, 0.3) is 5.91 Å². The maximum Gasteiger partial charge on any atom is 0.253 e. The average molecular weight is 348 g/mol. The summed E-state index contributed by atoms with van der Waals surface area (Å²) in [5.74, 6) is 0.963. The Kier molecular flexibility index (Phi) is 4.37. The molecule has 2 heterocycles. The third kappa shape index (κ3) is 3.05. The molecule has 0 saturated carbocycles. The van der Waals surface area contributed by atoms with Gasteiger partial charge in [0.2, 0.25) is 0 Å². The molecule has 1 N–H and O–H groups in total. The van der Waals surface area contributed by atoms with E-state index in [1.807, 2.05) is 38.2 Å². The highest BCUT2D eigenvalue weighted by Crippen LogP contribution is 2.24. The van der Waals surface area contributed by atoms with Crippen LogP contribution in [0.3, 0.4) is 0 Å². The zero-order chi connectivity index (χ0) is 18.1. The highest BCUT2D eigenvalue weighted by atomic mass is 16.1. The molecule has 0 atom stereocenters. The molecule has 134 valence electrons. The van der Waals surface area contributed by atoms with E-state index in [4.69, 9.17) is 0 Å². The Morgan fingerprint density at radius 3 is 2.73 bits per heavy atom. The standard InChI is InChI=1S/C21H24N4O/c1-15-23-18-13-16(9-10-20(18)24(15)2)14-22-21(26)17-7-3-4-8-19(17)25-11-5-6-12-25/h3-4,7-10,13H,5-6,11-12,14H2,1-2H3,(H,22,26). The number of hydrogen-bond donors (Lipinski definition) is 1. The van der Waals surface area contributed by atoms with Crippen molar-refractivity contribution in [3.05, 3.63) is 59.4 Å². The van der Waals surface area contributed by atoms with E-state index < -0.39 is 0 Å². The molecule has 5 heteroatoms. The number of rotatable bonds is 4. The lowest BCUT2D eigenvalue weighted by Crippen LogP contribution is -2.27. The second-order valence-corrected chi connectivity index (χ2v) is 6.94. The summed E-state index contributed by atoms with van der Waals surface area (Å²) in [5, 5.41) is 3.07. The summed E-state index contributed by atoms with van der Waals surface area (Å²) >= 11 is 0. The Morgan fingerprint density at radius 2 is 1.92 bits per heavy atom. The first-order valence-electron chi connectivity index (χ1n) is 9.17. The highest BCUT2D eigenvalue weighted by molar-refractivity contribution is 5.99. The number of fused-ring (bicyclic) bond motifs is 1. The molecule has 1 saturated heterocycles. The van der Waals surface area contributed by atoms with E-state index in [-0.39, 0.29) is 5.91 Å². The molecule has 2 aromatic carbocycles. The van der Waals surface area contributed by atoms with Gasteiger partial charge in [0.15, 0.2) is 0 Å². The topological polar surface area (TPSA) is 50.2 Å². The van der Waals surface area contributed by atoms with Gasteiger partial charge in [-0.15, -0.1) is 0 Å². The Labute approximate surface area is 153 Å². The van der Waals surface area contributed by atoms with Crippen LogP contribution in [0.25, 0.3) is 11.0 Å². The molecule has 0 radical (unpaired) electrons. The molecule has 0 spiro atoms. The number of aromatic nitrogens is 2. The van der Waals surface area contributed by atoms with E-state index in [0.717, 1.165) is 46.8 Å². The monoisotopic (exact) mass is 348 g/mol. The van der Waals surface area contributed by atoms with Crippen LogP contribution in [-0.2, 0) is 13.6 Å². The molecular weight excluding hydrogens is 324 g/mol. The van der Waals surface area contributed by atoms with Gasteiger partial charge in [0, 0.05) is 32.4 Å². The van der Waals surface area contributed by atoms with Crippen LogP contribution in [0.15, 0.2) is 42.5 Å². The lowest BCUT2D eigenvalue weighted by atomic mass is 10.1. The number of hydrogen-bond acceptors (Lipinski definition) is 3. The van der Waals surface area contributed by atoms with Crippen LogP contribution >= 0.6 is 0 Å². The zero-order valence-electron chi connectivity index (χ0n) is 15.3. The summed E-state index contributed by atoms with van der Waals surface area (Å²) < 4.78 is 2.07. The van der Waals surface area contributed by atoms with Crippen LogP contribution < -0.4 is 10.2 Å². The first-order chi connectivity index (χ1) is 12.6. The van der Waals surface area contributed by atoms with E-state index in [1.165, 1.54) is 12.8 Å². The highest BCUT2D eigenvalue weighted by Gasteiger charge is 2.18. The van der Waals surface area contributed by atoms with Gasteiger partial charge in [0.05, 0.1) is 16.6 Å². The van der Waals surface area contributed by atoms with Gasteiger partial charge in [0.1, 0.15) is 5.82 Å². The van der Waals surface area contributed by atoms with Gasteiger partial charge in [-0.1, -0.05) is 18.2 Å². The van der Waals surface area contributed by atoms with Crippen molar-refractivity contribution >= 4 is 22.6 Å². The predicted octanol–water partition coefficient (Wildman–Crippen LogP) is 3.41. The van der Waals surface area contributed by atoms with Crippen molar-refractivity contribution in [2.75, 3.05) is 18.0 Å². The fraction of sp³-hybridized carbons (Fsp3) is 0.333. The van der Waals surface area contributed by atoms with Gasteiger partial charge in [-0.05, 0) is 49.6 Å². The molecule has 5 nitrogen and oxygen atoms in total. The molecular formula is C21H24N4O. The summed E-state index contributed by atoms with van der Waals surface area (Å²) in [4.78, 5) is 19.6. The second-order valence-electron chi connectivity index (χ2n) is 6.94. The number of benzene rings is 2. The summed E-state index contributed by atoms with van der Waals surface area (Å²) in [6.45, 7) is 4.55. The summed E-state index contributed by atoms with van der Waals surface area (Å²) in [5.41, 5.74) is 4.93. The zero-order valence-corrected chi connectivity index (χ0v) is 15.3. The Morgan fingerprint density at radius 1 is 1.15 bits per heavy atom. The third-order valence-electron chi connectivity index (χ3n) is 5.22. The van der Waals surface area contributed by atoms with E-state index in [1.54, 1.807) is 0 Å². The molecule has 0 aliphatic carbocycles.